The third kappa shape index (κ3) is 3.04. The molecule has 1 rings (SSSR count). The van der Waals surface area contributed by atoms with E-state index in [1.54, 1.807) is 0 Å². The molecule has 0 aliphatic carbocycles. The molecule has 2 N–H and O–H groups in total. The standard InChI is InChI=1S/C11H19N5/c1-4-11(13,8-12)6-5-7-16-10(3)14-9(2)15-16/h4-7,13H2,1-3H3. The van der Waals surface area contributed by atoms with Crippen LogP contribution < -0.4 is 5.73 Å². The van der Waals surface area contributed by atoms with Crippen LogP contribution in [0.3, 0.4) is 0 Å². The monoisotopic (exact) mass is 221 g/mol. The lowest BCUT2D eigenvalue weighted by atomic mass is 9.93. The maximum absolute atomic E-state index is 8.93. The predicted molar refractivity (Wildman–Crippen MR) is 61.6 cm³/mol. The van der Waals surface area contributed by atoms with Gasteiger partial charge in [0.25, 0.3) is 0 Å². The predicted octanol–water partition coefficient (Wildman–Crippen LogP) is 1.31. The Bertz CT molecular complexity index is 390. The summed E-state index contributed by atoms with van der Waals surface area (Å²) in [5, 5.41) is 13.2. The largest absolute Gasteiger partial charge is 0.313 e. The number of hydrogen-bond acceptors (Lipinski definition) is 4. The highest BCUT2D eigenvalue weighted by Crippen LogP contribution is 2.13. The lowest BCUT2D eigenvalue weighted by Gasteiger charge is -2.18. The van der Waals surface area contributed by atoms with Crippen molar-refractivity contribution < 1.29 is 0 Å². The van der Waals surface area contributed by atoms with Gasteiger partial charge >= 0.3 is 0 Å². The molecule has 0 aliphatic rings. The van der Waals surface area contributed by atoms with E-state index in [9.17, 15) is 0 Å². The van der Waals surface area contributed by atoms with Crippen LogP contribution in [0, 0.1) is 25.2 Å². The molecule has 1 unspecified atom stereocenters. The fourth-order valence-corrected chi connectivity index (χ4v) is 1.63. The van der Waals surface area contributed by atoms with Gasteiger partial charge in [-0.1, -0.05) is 6.92 Å². The van der Waals surface area contributed by atoms with Crippen LogP contribution in [0.4, 0.5) is 0 Å². The van der Waals surface area contributed by atoms with Crippen LogP contribution in [-0.4, -0.2) is 20.3 Å². The van der Waals surface area contributed by atoms with Crippen LogP contribution in [0.25, 0.3) is 0 Å². The number of hydrogen-bond donors (Lipinski definition) is 1. The Labute approximate surface area is 96.3 Å². The van der Waals surface area contributed by atoms with E-state index in [1.165, 1.54) is 0 Å². The zero-order valence-electron chi connectivity index (χ0n) is 10.2. The summed E-state index contributed by atoms with van der Waals surface area (Å²) in [5.74, 6) is 1.70. The van der Waals surface area contributed by atoms with E-state index in [-0.39, 0.29) is 0 Å². The number of aromatic nitrogens is 3. The summed E-state index contributed by atoms with van der Waals surface area (Å²) in [6, 6.07) is 2.17. The highest BCUT2D eigenvalue weighted by Gasteiger charge is 2.21. The first kappa shape index (κ1) is 12.7. The first-order chi connectivity index (χ1) is 7.50. The van der Waals surface area contributed by atoms with E-state index in [1.807, 2.05) is 25.5 Å². The van der Waals surface area contributed by atoms with E-state index < -0.39 is 5.54 Å². The maximum atomic E-state index is 8.93. The fourth-order valence-electron chi connectivity index (χ4n) is 1.63. The van der Waals surface area contributed by atoms with Crippen molar-refractivity contribution in [2.45, 2.75) is 52.1 Å². The number of rotatable bonds is 5. The molecule has 5 nitrogen and oxygen atoms in total. The molecular weight excluding hydrogens is 202 g/mol. The molecule has 0 saturated carbocycles. The zero-order chi connectivity index (χ0) is 12.2. The average Bonchev–Trinajstić information content (AvgIpc) is 2.57. The van der Waals surface area contributed by atoms with E-state index in [2.05, 4.69) is 16.2 Å². The molecule has 1 aromatic heterocycles. The number of aryl methyl sites for hydroxylation is 3. The van der Waals surface area contributed by atoms with Crippen LogP contribution in [0.1, 0.15) is 37.8 Å². The van der Waals surface area contributed by atoms with E-state index in [0.29, 0.717) is 12.8 Å². The Morgan fingerprint density at radius 2 is 2.19 bits per heavy atom. The second kappa shape index (κ2) is 5.08. The lowest BCUT2D eigenvalue weighted by Crippen LogP contribution is -2.37. The lowest BCUT2D eigenvalue weighted by molar-refractivity contribution is 0.430. The minimum atomic E-state index is -0.691. The molecule has 1 aromatic rings. The van der Waals surface area contributed by atoms with Crippen LogP contribution in [-0.2, 0) is 6.54 Å². The second-order valence-corrected chi connectivity index (χ2v) is 4.15. The van der Waals surface area contributed by atoms with Gasteiger partial charge in [0.05, 0.1) is 6.07 Å². The van der Waals surface area contributed by atoms with Gasteiger partial charge in [-0.05, 0) is 33.1 Å². The first-order valence-electron chi connectivity index (χ1n) is 5.59. The summed E-state index contributed by atoms with van der Waals surface area (Å²) in [6.07, 6.45) is 2.22. The van der Waals surface area contributed by atoms with Gasteiger partial charge in [0.15, 0.2) is 0 Å². The summed E-state index contributed by atoms with van der Waals surface area (Å²) in [6.45, 7) is 6.51. The van der Waals surface area contributed by atoms with Gasteiger partial charge in [0.2, 0.25) is 0 Å². The average molecular weight is 221 g/mol. The van der Waals surface area contributed by atoms with Crippen molar-refractivity contribution >= 4 is 0 Å². The molecule has 0 fully saturated rings. The number of nitrogens with zero attached hydrogens (tertiary/aromatic N) is 4. The van der Waals surface area contributed by atoms with Gasteiger partial charge in [-0.3, -0.25) is 4.68 Å². The molecule has 0 bridgehead atoms. The Hall–Kier alpha value is -1.41. The van der Waals surface area contributed by atoms with Gasteiger partial charge in [0, 0.05) is 6.54 Å². The summed E-state index contributed by atoms with van der Waals surface area (Å²) in [5.41, 5.74) is 5.21. The van der Waals surface area contributed by atoms with Gasteiger partial charge in [-0.2, -0.15) is 10.4 Å². The molecule has 88 valence electrons. The molecule has 0 amide bonds. The Morgan fingerprint density at radius 3 is 2.62 bits per heavy atom. The Balaban J connectivity index is 2.48. The highest BCUT2D eigenvalue weighted by molar-refractivity contribution is 5.03. The number of nitriles is 1. The quantitative estimate of drug-likeness (QED) is 0.812. The third-order valence-electron chi connectivity index (χ3n) is 2.81. The Morgan fingerprint density at radius 1 is 1.50 bits per heavy atom. The fraction of sp³-hybridized carbons (Fsp3) is 0.727. The molecule has 0 aliphatic heterocycles. The molecular formula is C11H19N5. The molecule has 5 heteroatoms. The molecule has 16 heavy (non-hydrogen) atoms. The van der Waals surface area contributed by atoms with E-state index >= 15 is 0 Å². The van der Waals surface area contributed by atoms with Crippen molar-refractivity contribution in [2.75, 3.05) is 0 Å². The smallest absolute Gasteiger partial charge is 0.147 e. The third-order valence-corrected chi connectivity index (χ3v) is 2.81. The van der Waals surface area contributed by atoms with Crippen LogP contribution >= 0.6 is 0 Å². The summed E-state index contributed by atoms with van der Waals surface area (Å²) in [4.78, 5) is 4.22. The summed E-state index contributed by atoms with van der Waals surface area (Å²) in [7, 11) is 0. The van der Waals surface area contributed by atoms with Crippen molar-refractivity contribution in [2.24, 2.45) is 5.73 Å². The maximum Gasteiger partial charge on any atom is 0.147 e. The topological polar surface area (TPSA) is 80.5 Å². The van der Waals surface area contributed by atoms with Crippen molar-refractivity contribution in [3.05, 3.63) is 11.6 Å². The number of nitrogens with two attached hydrogens (primary N) is 1. The molecule has 0 saturated heterocycles. The van der Waals surface area contributed by atoms with Gasteiger partial charge < -0.3 is 5.73 Å². The molecule has 0 radical (unpaired) electrons. The summed E-state index contributed by atoms with van der Waals surface area (Å²) < 4.78 is 1.86. The van der Waals surface area contributed by atoms with Crippen molar-refractivity contribution in [3.8, 4) is 6.07 Å². The highest BCUT2D eigenvalue weighted by atomic mass is 15.3. The SMILES string of the molecule is CCC(N)(C#N)CCCn1nc(C)nc1C. The van der Waals surface area contributed by atoms with Crippen LogP contribution in [0.5, 0.6) is 0 Å². The van der Waals surface area contributed by atoms with Crippen LogP contribution in [0.2, 0.25) is 0 Å². The first-order valence-corrected chi connectivity index (χ1v) is 5.59. The van der Waals surface area contributed by atoms with E-state index in [0.717, 1.165) is 24.6 Å². The van der Waals surface area contributed by atoms with E-state index in [4.69, 9.17) is 11.0 Å². The summed E-state index contributed by atoms with van der Waals surface area (Å²) >= 11 is 0. The normalized spacial score (nSPS) is 14.4. The van der Waals surface area contributed by atoms with Crippen LogP contribution in [0.15, 0.2) is 0 Å². The Kier molecular flexibility index (Phi) is 4.02. The van der Waals surface area contributed by atoms with Gasteiger partial charge in [0.1, 0.15) is 17.2 Å². The van der Waals surface area contributed by atoms with Crippen molar-refractivity contribution in [1.82, 2.24) is 14.8 Å². The minimum absolute atomic E-state index is 0.679. The van der Waals surface area contributed by atoms with Gasteiger partial charge in [-0.25, -0.2) is 4.98 Å². The molecule has 1 heterocycles. The van der Waals surface area contributed by atoms with Crippen molar-refractivity contribution in [3.63, 3.8) is 0 Å². The zero-order valence-corrected chi connectivity index (χ0v) is 10.2. The minimum Gasteiger partial charge on any atom is -0.313 e. The van der Waals surface area contributed by atoms with Gasteiger partial charge in [-0.15, -0.1) is 0 Å². The van der Waals surface area contributed by atoms with Crippen molar-refractivity contribution in [1.29, 1.82) is 5.26 Å². The molecule has 1 atom stereocenters. The second-order valence-electron chi connectivity index (χ2n) is 4.15. The molecule has 0 spiro atoms. The molecule has 0 aromatic carbocycles.